The molecule has 8 heteroatoms. The third-order valence-electron chi connectivity index (χ3n) is 4.34. The molecule has 0 bridgehead atoms. The van der Waals surface area contributed by atoms with Crippen LogP contribution in [0.15, 0.2) is 23.2 Å². The minimum atomic E-state index is -0.0496. The molecule has 0 aliphatic carbocycles. The number of hydrogen-bond donors (Lipinski definition) is 2. The first-order valence-electron chi connectivity index (χ1n) is 9.16. The normalized spacial score (nSPS) is 16.9. The van der Waals surface area contributed by atoms with E-state index in [0.717, 1.165) is 37.2 Å². The van der Waals surface area contributed by atoms with Crippen molar-refractivity contribution in [2.45, 2.75) is 25.4 Å². The standard InChI is InChI=1S/C19H29ClN4O3/c1-24(2)18(25)13-23-19(22-12-16-5-4-10-27-16)21-9-8-14-6-7-15(26-3)11-17(14)20/h6-7,11,16H,4-5,8-10,12-13H2,1-3H3,(H2,21,22,23). The number of benzene rings is 1. The van der Waals surface area contributed by atoms with E-state index in [4.69, 9.17) is 21.1 Å². The summed E-state index contributed by atoms with van der Waals surface area (Å²) >= 11 is 6.29. The lowest BCUT2D eigenvalue weighted by Crippen LogP contribution is -2.42. The number of nitrogens with zero attached hydrogens (tertiary/aromatic N) is 2. The SMILES string of the molecule is COc1ccc(CCNC(=NCC(=O)N(C)C)NCC2CCCO2)c(Cl)c1. The lowest BCUT2D eigenvalue weighted by Gasteiger charge is -2.16. The van der Waals surface area contributed by atoms with Gasteiger partial charge < -0.3 is 25.0 Å². The Balaban J connectivity index is 1.89. The number of carbonyl (C=O) groups is 1. The number of amides is 1. The Bertz CT molecular complexity index is 646. The highest BCUT2D eigenvalue weighted by Gasteiger charge is 2.16. The smallest absolute Gasteiger partial charge is 0.243 e. The van der Waals surface area contributed by atoms with E-state index in [1.165, 1.54) is 4.90 Å². The molecule has 1 aromatic rings. The van der Waals surface area contributed by atoms with Gasteiger partial charge in [-0.1, -0.05) is 17.7 Å². The van der Waals surface area contributed by atoms with E-state index in [1.807, 2.05) is 12.1 Å². The second-order valence-corrected chi connectivity index (χ2v) is 7.01. The van der Waals surface area contributed by atoms with Crippen molar-refractivity contribution in [3.8, 4) is 5.75 Å². The van der Waals surface area contributed by atoms with Gasteiger partial charge >= 0.3 is 0 Å². The molecule has 1 fully saturated rings. The minimum absolute atomic E-state index is 0.0496. The van der Waals surface area contributed by atoms with Crippen molar-refractivity contribution in [1.29, 1.82) is 0 Å². The molecule has 0 spiro atoms. The van der Waals surface area contributed by atoms with Crippen molar-refractivity contribution >= 4 is 23.5 Å². The van der Waals surface area contributed by atoms with E-state index in [1.54, 1.807) is 27.3 Å². The van der Waals surface area contributed by atoms with Crippen LogP contribution in [0.5, 0.6) is 5.75 Å². The fraction of sp³-hybridized carbons (Fsp3) is 0.579. The van der Waals surface area contributed by atoms with E-state index >= 15 is 0 Å². The van der Waals surface area contributed by atoms with E-state index < -0.39 is 0 Å². The first-order valence-corrected chi connectivity index (χ1v) is 9.53. The van der Waals surface area contributed by atoms with Gasteiger partial charge in [0.15, 0.2) is 5.96 Å². The van der Waals surface area contributed by atoms with Crippen molar-refractivity contribution in [2.75, 3.05) is 47.4 Å². The summed E-state index contributed by atoms with van der Waals surface area (Å²) in [6.45, 7) is 2.21. The third kappa shape index (κ3) is 7.27. The fourth-order valence-electron chi connectivity index (χ4n) is 2.65. The summed E-state index contributed by atoms with van der Waals surface area (Å²) in [6.07, 6.45) is 3.04. The van der Waals surface area contributed by atoms with E-state index in [9.17, 15) is 4.79 Å². The summed E-state index contributed by atoms with van der Waals surface area (Å²) in [5.74, 6) is 1.29. The molecule has 2 N–H and O–H groups in total. The number of carbonyl (C=O) groups excluding carboxylic acids is 1. The third-order valence-corrected chi connectivity index (χ3v) is 4.69. The molecule has 7 nitrogen and oxygen atoms in total. The highest BCUT2D eigenvalue weighted by atomic mass is 35.5. The molecule has 1 heterocycles. The van der Waals surface area contributed by atoms with Gasteiger partial charge in [0, 0.05) is 38.8 Å². The lowest BCUT2D eigenvalue weighted by atomic mass is 10.1. The van der Waals surface area contributed by atoms with Crippen molar-refractivity contribution in [3.05, 3.63) is 28.8 Å². The van der Waals surface area contributed by atoms with Gasteiger partial charge in [-0.05, 0) is 37.0 Å². The van der Waals surface area contributed by atoms with Crippen molar-refractivity contribution in [2.24, 2.45) is 4.99 Å². The summed E-state index contributed by atoms with van der Waals surface area (Å²) in [4.78, 5) is 17.7. The molecule has 0 aromatic heterocycles. The highest BCUT2D eigenvalue weighted by molar-refractivity contribution is 6.31. The van der Waals surface area contributed by atoms with Crippen LogP contribution in [0.1, 0.15) is 18.4 Å². The largest absolute Gasteiger partial charge is 0.497 e. The molecule has 1 saturated heterocycles. The summed E-state index contributed by atoms with van der Waals surface area (Å²) in [7, 11) is 5.05. The van der Waals surface area contributed by atoms with Crippen molar-refractivity contribution in [1.82, 2.24) is 15.5 Å². The molecule has 1 aliphatic rings. The molecule has 1 atom stereocenters. The number of ether oxygens (including phenoxy) is 2. The van der Waals surface area contributed by atoms with Crippen LogP contribution in [0, 0.1) is 0 Å². The Morgan fingerprint density at radius 2 is 2.22 bits per heavy atom. The average molecular weight is 397 g/mol. The zero-order valence-electron chi connectivity index (χ0n) is 16.3. The van der Waals surface area contributed by atoms with Crippen LogP contribution in [-0.4, -0.2) is 70.3 Å². The summed E-state index contributed by atoms with van der Waals surface area (Å²) < 4.78 is 10.8. The van der Waals surface area contributed by atoms with E-state index in [2.05, 4.69) is 15.6 Å². The number of methoxy groups -OCH3 is 1. The van der Waals surface area contributed by atoms with Crippen LogP contribution < -0.4 is 15.4 Å². The molecule has 1 aliphatic heterocycles. The number of hydrogen-bond acceptors (Lipinski definition) is 4. The molecule has 1 aromatic carbocycles. The van der Waals surface area contributed by atoms with Crippen LogP contribution in [0.25, 0.3) is 0 Å². The number of nitrogens with one attached hydrogen (secondary N) is 2. The molecule has 1 amide bonds. The highest BCUT2D eigenvalue weighted by Crippen LogP contribution is 2.22. The van der Waals surface area contributed by atoms with E-state index in [0.29, 0.717) is 24.1 Å². The van der Waals surface area contributed by atoms with Crippen LogP contribution in [0.2, 0.25) is 5.02 Å². The Morgan fingerprint density at radius 3 is 2.85 bits per heavy atom. The second kappa shape index (κ2) is 11.0. The quantitative estimate of drug-likeness (QED) is 0.516. The van der Waals surface area contributed by atoms with Gasteiger partial charge in [-0.15, -0.1) is 0 Å². The number of rotatable bonds is 8. The first-order chi connectivity index (χ1) is 13.0. The fourth-order valence-corrected chi connectivity index (χ4v) is 2.92. The summed E-state index contributed by atoms with van der Waals surface area (Å²) in [6, 6.07) is 5.65. The van der Waals surface area contributed by atoms with Gasteiger partial charge in [-0.2, -0.15) is 0 Å². The Kier molecular flexibility index (Phi) is 8.67. The minimum Gasteiger partial charge on any atom is -0.497 e. The molecular weight excluding hydrogens is 368 g/mol. The van der Waals surface area contributed by atoms with Gasteiger partial charge in [0.25, 0.3) is 0 Å². The number of guanidine groups is 1. The molecule has 0 saturated carbocycles. The van der Waals surface area contributed by atoms with Crippen LogP contribution >= 0.6 is 11.6 Å². The lowest BCUT2D eigenvalue weighted by molar-refractivity contribution is -0.127. The topological polar surface area (TPSA) is 75.2 Å². The van der Waals surface area contributed by atoms with Gasteiger partial charge in [-0.3, -0.25) is 4.79 Å². The van der Waals surface area contributed by atoms with Gasteiger partial charge in [0.1, 0.15) is 12.3 Å². The Morgan fingerprint density at radius 1 is 1.41 bits per heavy atom. The van der Waals surface area contributed by atoms with Gasteiger partial charge in [0.2, 0.25) is 5.91 Å². The Hall–Kier alpha value is -1.99. The zero-order chi connectivity index (χ0) is 19.6. The Labute approximate surface area is 166 Å². The molecule has 150 valence electrons. The monoisotopic (exact) mass is 396 g/mol. The maximum absolute atomic E-state index is 11.8. The second-order valence-electron chi connectivity index (χ2n) is 6.60. The average Bonchev–Trinajstić information content (AvgIpc) is 3.17. The molecule has 0 radical (unpaired) electrons. The predicted octanol–water partition coefficient (Wildman–Crippen LogP) is 1.69. The summed E-state index contributed by atoms with van der Waals surface area (Å²) in [5, 5.41) is 7.20. The molecule has 2 rings (SSSR count). The molecule has 1 unspecified atom stereocenters. The molecule has 27 heavy (non-hydrogen) atoms. The number of likely N-dealkylation sites (N-methyl/N-ethyl adjacent to an activating group) is 1. The summed E-state index contributed by atoms with van der Waals surface area (Å²) in [5.41, 5.74) is 1.02. The van der Waals surface area contributed by atoms with Crippen molar-refractivity contribution < 1.29 is 14.3 Å². The maximum atomic E-state index is 11.8. The van der Waals surface area contributed by atoms with E-state index in [-0.39, 0.29) is 18.6 Å². The van der Waals surface area contributed by atoms with Gasteiger partial charge in [0.05, 0.1) is 13.2 Å². The van der Waals surface area contributed by atoms with Crippen LogP contribution in [-0.2, 0) is 16.0 Å². The van der Waals surface area contributed by atoms with Crippen molar-refractivity contribution in [3.63, 3.8) is 0 Å². The zero-order valence-corrected chi connectivity index (χ0v) is 17.0. The van der Waals surface area contributed by atoms with Crippen LogP contribution in [0.4, 0.5) is 0 Å². The maximum Gasteiger partial charge on any atom is 0.243 e. The number of halogens is 1. The predicted molar refractivity (Wildman–Crippen MR) is 108 cm³/mol. The van der Waals surface area contributed by atoms with Crippen LogP contribution in [0.3, 0.4) is 0 Å². The van der Waals surface area contributed by atoms with Gasteiger partial charge in [-0.25, -0.2) is 4.99 Å². The molecular formula is C19H29ClN4O3. The first kappa shape index (κ1) is 21.3. The number of aliphatic imine (C=N–C) groups is 1.